The SMILES string of the molecule is BC1(P)CCCN(C(C)C)C1. The first-order chi connectivity index (χ1) is 5.01. The molecule has 0 aliphatic carbocycles. The van der Waals surface area contributed by atoms with Gasteiger partial charge >= 0.3 is 0 Å². The number of piperidine rings is 1. The van der Waals surface area contributed by atoms with Gasteiger partial charge in [0.15, 0.2) is 0 Å². The molecule has 0 aromatic carbocycles. The molecule has 1 rings (SSSR count). The highest BCUT2D eigenvalue weighted by atomic mass is 31.0. The second kappa shape index (κ2) is 3.45. The molecule has 1 aliphatic rings. The maximum absolute atomic E-state index is 2.99. The van der Waals surface area contributed by atoms with E-state index in [0.717, 1.165) is 6.04 Å². The van der Waals surface area contributed by atoms with Crippen LogP contribution in [-0.2, 0) is 0 Å². The van der Waals surface area contributed by atoms with Gasteiger partial charge in [-0.25, -0.2) is 0 Å². The van der Waals surface area contributed by atoms with Crippen LogP contribution in [0, 0.1) is 0 Å². The van der Waals surface area contributed by atoms with Gasteiger partial charge in [0, 0.05) is 12.6 Å². The summed E-state index contributed by atoms with van der Waals surface area (Å²) in [6.45, 7) is 7.11. The van der Waals surface area contributed by atoms with Gasteiger partial charge in [0.1, 0.15) is 7.85 Å². The van der Waals surface area contributed by atoms with Crippen LogP contribution in [0.4, 0.5) is 0 Å². The summed E-state index contributed by atoms with van der Waals surface area (Å²) in [6.07, 6.45) is 2.72. The van der Waals surface area contributed by atoms with Crippen LogP contribution in [0.15, 0.2) is 0 Å². The largest absolute Gasteiger partial charge is 0.301 e. The molecule has 1 heterocycles. The van der Waals surface area contributed by atoms with Gasteiger partial charge in [-0.05, 0) is 38.3 Å². The van der Waals surface area contributed by atoms with E-state index < -0.39 is 0 Å². The summed E-state index contributed by atoms with van der Waals surface area (Å²) in [7, 11) is 5.33. The van der Waals surface area contributed by atoms with Crippen molar-refractivity contribution >= 4 is 17.1 Å². The molecule has 2 atom stereocenters. The lowest BCUT2D eigenvalue weighted by Crippen LogP contribution is -2.47. The lowest BCUT2D eigenvalue weighted by Gasteiger charge is -2.40. The van der Waals surface area contributed by atoms with Crippen molar-refractivity contribution in [2.24, 2.45) is 0 Å². The van der Waals surface area contributed by atoms with E-state index in [-0.39, 0.29) is 0 Å². The predicted molar refractivity (Wildman–Crippen MR) is 56.9 cm³/mol. The van der Waals surface area contributed by atoms with Crippen LogP contribution in [0.25, 0.3) is 0 Å². The van der Waals surface area contributed by atoms with E-state index in [9.17, 15) is 0 Å². The van der Waals surface area contributed by atoms with Crippen molar-refractivity contribution in [3.63, 3.8) is 0 Å². The van der Waals surface area contributed by atoms with Crippen molar-refractivity contribution in [3.05, 3.63) is 0 Å². The van der Waals surface area contributed by atoms with Crippen molar-refractivity contribution in [1.29, 1.82) is 0 Å². The molecule has 0 bridgehead atoms. The van der Waals surface area contributed by atoms with Crippen LogP contribution >= 0.6 is 9.24 Å². The Kier molecular flexibility index (Phi) is 2.99. The summed E-state index contributed by atoms with van der Waals surface area (Å²) < 4.78 is 0. The Morgan fingerprint density at radius 2 is 2.18 bits per heavy atom. The van der Waals surface area contributed by atoms with Crippen LogP contribution in [0.5, 0.6) is 0 Å². The monoisotopic (exact) mass is 171 g/mol. The quantitative estimate of drug-likeness (QED) is 0.414. The minimum absolute atomic E-state index is 0.475. The summed E-state index contributed by atoms with van der Waals surface area (Å²) in [6, 6.07) is 0.718. The molecule has 0 aromatic rings. The van der Waals surface area contributed by atoms with Gasteiger partial charge < -0.3 is 4.90 Å². The van der Waals surface area contributed by atoms with Gasteiger partial charge in [0.25, 0.3) is 0 Å². The van der Waals surface area contributed by atoms with Crippen LogP contribution in [0.1, 0.15) is 26.7 Å². The van der Waals surface area contributed by atoms with E-state index in [1.807, 2.05) is 0 Å². The average Bonchev–Trinajstić information content (AvgIpc) is 1.85. The van der Waals surface area contributed by atoms with Gasteiger partial charge in [-0.2, -0.15) is 0 Å². The van der Waals surface area contributed by atoms with Crippen LogP contribution < -0.4 is 0 Å². The molecule has 3 heteroatoms. The van der Waals surface area contributed by atoms with Crippen LogP contribution in [0.3, 0.4) is 0 Å². The van der Waals surface area contributed by atoms with E-state index in [2.05, 4.69) is 35.8 Å². The van der Waals surface area contributed by atoms with E-state index in [4.69, 9.17) is 0 Å². The van der Waals surface area contributed by atoms with Crippen molar-refractivity contribution in [2.45, 2.75) is 37.8 Å². The minimum atomic E-state index is 0.475. The molecule has 0 saturated carbocycles. The van der Waals surface area contributed by atoms with Gasteiger partial charge in [-0.15, -0.1) is 9.24 Å². The molecule has 11 heavy (non-hydrogen) atoms. The van der Waals surface area contributed by atoms with Crippen LogP contribution in [-0.4, -0.2) is 36.9 Å². The molecule has 0 amide bonds. The van der Waals surface area contributed by atoms with Crippen molar-refractivity contribution in [2.75, 3.05) is 13.1 Å². The summed E-state index contributed by atoms with van der Waals surface area (Å²) >= 11 is 0. The topological polar surface area (TPSA) is 3.24 Å². The van der Waals surface area contributed by atoms with E-state index in [1.165, 1.54) is 25.9 Å². The molecule has 1 nitrogen and oxygen atoms in total. The third kappa shape index (κ3) is 2.76. The molecule has 2 unspecified atom stereocenters. The standard InChI is InChI=1S/C8H19BNP/c1-7(2)10-5-3-4-8(9,11)6-10/h7H,3-6,9,11H2,1-2H3. The maximum atomic E-state index is 2.99. The molecule has 1 saturated heterocycles. The zero-order valence-electron chi connectivity index (χ0n) is 7.93. The molecule has 1 fully saturated rings. The lowest BCUT2D eigenvalue weighted by atomic mass is 9.79. The van der Waals surface area contributed by atoms with Crippen molar-refractivity contribution < 1.29 is 0 Å². The molecular formula is C8H19BNP. The third-order valence-corrected chi connectivity index (χ3v) is 2.96. The lowest BCUT2D eigenvalue weighted by molar-refractivity contribution is 0.179. The van der Waals surface area contributed by atoms with Gasteiger partial charge in [-0.1, -0.05) is 0 Å². The molecular weight excluding hydrogens is 152 g/mol. The Hall–Kier alpha value is 0.455. The number of nitrogens with zero attached hydrogens (tertiary/aromatic N) is 1. The zero-order valence-corrected chi connectivity index (χ0v) is 9.09. The second-order valence-corrected chi connectivity index (χ2v) is 5.72. The first kappa shape index (κ1) is 9.54. The Labute approximate surface area is 73.5 Å². The number of hydrogen-bond acceptors (Lipinski definition) is 1. The number of hydrogen-bond donors (Lipinski definition) is 0. The van der Waals surface area contributed by atoms with Gasteiger partial charge in [0.2, 0.25) is 0 Å². The Balaban J connectivity index is 2.46. The first-order valence-corrected chi connectivity index (χ1v) is 5.12. The van der Waals surface area contributed by atoms with Crippen molar-refractivity contribution in [3.8, 4) is 0 Å². The Morgan fingerprint density at radius 1 is 1.55 bits per heavy atom. The smallest absolute Gasteiger partial charge is 0.116 e. The second-order valence-electron chi connectivity index (χ2n) is 4.32. The average molecular weight is 171 g/mol. The summed E-state index contributed by atoms with van der Waals surface area (Å²) in [4.78, 5) is 2.57. The van der Waals surface area contributed by atoms with Crippen LogP contribution in [0.2, 0.25) is 0 Å². The minimum Gasteiger partial charge on any atom is -0.301 e. The number of likely N-dealkylation sites (tertiary alicyclic amines) is 1. The zero-order chi connectivity index (χ0) is 8.48. The van der Waals surface area contributed by atoms with E-state index in [0.29, 0.717) is 5.06 Å². The molecule has 0 N–H and O–H groups in total. The Morgan fingerprint density at radius 3 is 2.55 bits per heavy atom. The molecule has 64 valence electrons. The molecule has 0 aromatic heterocycles. The fourth-order valence-electron chi connectivity index (χ4n) is 1.75. The van der Waals surface area contributed by atoms with Crippen molar-refractivity contribution in [1.82, 2.24) is 4.90 Å². The fourth-order valence-corrected chi connectivity index (χ4v) is 2.19. The molecule has 0 radical (unpaired) electrons. The fraction of sp³-hybridized carbons (Fsp3) is 1.00. The third-order valence-electron chi connectivity index (χ3n) is 2.49. The highest BCUT2D eigenvalue weighted by Crippen LogP contribution is 2.27. The maximum Gasteiger partial charge on any atom is 0.116 e. The van der Waals surface area contributed by atoms with Gasteiger partial charge in [-0.3, -0.25) is 0 Å². The highest BCUT2D eigenvalue weighted by Gasteiger charge is 2.27. The normalized spacial score (nSPS) is 34.5. The van der Waals surface area contributed by atoms with E-state index in [1.54, 1.807) is 0 Å². The van der Waals surface area contributed by atoms with Gasteiger partial charge in [0.05, 0.1) is 0 Å². The molecule has 0 spiro atoms. The Bertz CT molecular complexity index is 136. The summed E-state index contributed by atoms with van der Waals surface area (Å²) in [5, 5.41) is 0.475. The highest BCUT2D eigenvalue weighted by molar-refractivity contribution is 7.22. The predicted octanol–water partition coefficient (Wildman–Crippen LogP) is 0.695. The number of rotatable bonds is 1. The summed E-state index contributed by atoms with van der Waals surface area (Å²) in [5.74, 6) is 0. The molecule has 1 aliphatic heterocycles. The van der Waals surface area contributed by atoms with E-state index >= 15 is 0 Å². The summed E-state index contributed by atoms with van der Waals surface area (Å²) in [5.41, 5.74) is 0. The first-order valence-electron chi connectivity index (χ1n) is 4.54.